The SMILES string of the molecule is CCN(CC)c1nc(NN)nc(N(C)CC(N)=O)n1. The highest BCUT2D eigenvalue weighted by Crippen LogP contribution is 2.14. The zero-order chi connectivity index (χ0) is 14.4. The number of primary amides is 1. The maximum absolute atomic E-state index is 10.9. The van der Waals surface area contributed by atoms with Crippen LogP contribution in [0.15, 0.2) is 0 Å². The number of aromatic nitrogens is 3. The van der Waals surface area contributed by atoms with Crippen LogP contribution in [0.25, 0.3) is 0 Å². The van der Waals surface area contributed by atoms with Gasteiger partial charge >= 0.3 is 0 Å². The first-order valence-electron chi connectivity index (χ1n) is 5.98. The molecular formula is C10H20N8O. The lowest BCUT2D eigenvalue weighted by Gasteiger charge is -2.21. The molecule has 5 N–H and O–H groups in total. The summed E-state index contributed by atoms with van der Waals surface area (Å²) >= 11 is 0. The third-order valence-electron chi connectivity index (χ3n) is 2.52. The van der Waals surface area contributed by atoms with Crippen molar-refractivity contribution in [1.82, 2.24) is 15.0 Å². The molecule has 0 bridgehead atoms. The molecule has 9 nitrogen and oxygen atoms in total. The molecule has 0 aliphatic heterocycles. The minimum absolute atomic E-state index is 0.0196. The third-order valence-corrected chi connectivity index (χ3v) is 2.52. The highest BCUT2D eigenvalue weighted by atomic mass is 16.1. The lowest BCUT2D eigenvalue weighted by Crippen LogP contribution is -2.33. The fourth-order valence-corrected chi connectivity index (χ4v) is 1.54. The van der Waals surface area contributed by atoms with Crippen molar-refractivity contribution in [2.75, 3.05) is 41.9 Å². The van der Waals surface area contributed by atoms with Crippen molar-refractivity contribution in [1.29, 1.82) is 0 Å². The van der Waals surface area contributed by atoms with E-state index < -0.39 is 5.91 Å². The average Bonchev–Trinajstić information content (AvgIpc) is 2.39. The Hall–Kier alpha value is -2.16. The highest BCUT2D eigenvalue weighted by molar-refractivity contribution is 5.78. The minimum Gasteiger partial charge on any atom is -0.368 e. The van der Waals surface area contributed by atoms with Crippen molar-refractivity contribution >= 4 is 23.8 Å². The Kier molecular flexibility index (Phi) is 5.24. The van der Waals surface area contributed by atoms with Crippen molar-refractivity contribution in [3.8, 4) is 0 Å². The zero-order valence-corrected chi connectivity index (χ0v) is 11.4. The van der Waals surface area contributed by atoms with Crippen molar-refractivity contribution < 1.29 is 4.79 Å². The first-order chi connectivity index (χ1) is 9.01. The van der Waals surface area contributed by atoms with E-state index in [9.17, 15) is 4.79 Å². The maximum atomic E-state index is 10.9. The van der Waals surface area contributed by atoms with E-state index in [-0.39, 0.29) is 12.5 Å². The van der Waals surface area contributed by atoms with Gasteiger partial charge in [-0.25, -0.2) is 5.84 Å². The van der Waals surface area contributed by atoms with Crippen LogP contribution in [0.5, 0.6) is 0 Å². The number of likely N-dealkylation sites (N-methyl/N-ethyl adjacent to an activating group) is 1. The van der Waals surface area contributed by atoms with Crippen molar-refractivity contribution in [2.45, 2.75) is 13.8 Å². The topological polar surface area (TPSA) is 126 Å². The number of nitrogens with one attached hydrogen (secondary N) is 1. The molecule has 0 unspecified atom stereocenters. The normalized spacial score (nSPS) is 10.1. The molecule has 0 saturated carbocycles. The lowest BCUT2D eigenvalue weighted by atomic mass is 10.5. The smallest absolute Gasteiger partial charge is 0.243 e. The van der Waals surface area contributed by atoms with Crippen LogP contribution in [-0.2, 0) is 4.79 Å². The number of amides is 1. The molecule has 9 heteroatoms. The summed E-state index contributed by atoms with van der Waals surface area (Å²) < 4.78 is 0. The standard InChI is InChI=1S/C10H20N8O/c1-4-18(5-2)10-14-8(16-12)13-9(15-10)17(3)6-7(11)19/h4-6,12H2,1-3H3,(H2,11,19)(H,13,14,15,16). The van der Waals surface area contributed by atoms with Gasteiger partial charge in [-0.15, -0.1) is 0 Å². The molecule has 0 aliphatic carbocycles. The van der Waals surface area contributed by atoms with Crippen LogP contribution in [0, 0.1) is 0 Å². The third kappa shape index (κ3) is 3.91. The molecule has 0 aliphatic rings. The van der Waals surface area contributed by atoms with Gasteiger partial charge in [0, 0.05) is 20.1 Å². The molecule has 19 heavy (non-hydrogen) atoms. The Labute approximate surface area is 112 Å². The summed E-state index contributed by atoms with van der Waals surface area (Å²) in [4.78, 5) is 27.0. The number of hydrazine groups is 1. The molecule has 0 aromatic carbocycles. The second kappa shape index (κ2) is 6.69. The zero-order valence-electron chi connectivity index (χ0n) is 11.4. The molecule has 106 valence electrons. The van der Waals surface area contributed by atoms with E-state index in [1.165, 1.54) is 4.90 Å². The van der Waals surface area contributed by atoms with Gasteiger partial charge in [0.25, 0.3) is 0 Å². The molecule has 1 aromatic rings. The van der Waals surface area contributed by atoms with Crippen molar-refractivity contribution in [2.24, 2.45) is 11.6 Å². The number of nitrogens with two attached hydrogens (primary N) is 2. The van der Waals surface area contributed by atoms with Gasteiger partial charge in [-0.2, -0.15) is 15.0 Å². The Morgan fingerprint density at radius 3 is 2.26 bits per heavy atom. The van der Waals surface area contributed by atoms with Gasteiger partial charge in [-0.1, -0.05) is 0 Å². The molecule has 0 saturated heterocycles. The summed E-state index contributed by atoms with van der Waals surface area (Å²) in [5.74, 6) is 5.95. The molecule has 0 atom stereocenters. The Balaban J connectivity index is 3.10. The summed E-state index contributed by atoms with van der Waals surface area (Å²) in [6.45, 7) is 5.52. The first kappa shape index (κ1) is 14.9. The second-order valence-corrected chi connectivity index (χ2v) is 3.90. The monoisotopic (exact) mass is 268 g/mol. The van der Waals surface area contributed by atoms with Gasteiger partial charge in [0.15, 0.2) is 0 Å². The van der Waals surface area contributed by atoms with Crippen LogP contribution in [0.1, 0.15) is 13.8 Å². The van der Waals surface area contributed by atoms with E-state index >= 15 is 0 Å². The fourth-order valence-electron chi connectivity index (χ4n) is 1.54. The quantitative estimate of drug-likeness (QED) is 0.421. The van der Waals surface area contributed by atoms with E-state index in [1.54, 1.807) is 7.05 Å². The fraction of sp³-hybridized carbons (Fsp3) is 0.600. The van der Waals surface area contributed by atoms with Gasteiger partial charge in [0.05, 0.1) is 6.54 Å². The molecule has 1 aromatic heterocycles. The van der Waals surface area contributed by atoms with Gasteiger partial charge in [-0.3, -0.25) is 10.2 Å². The Morgan fingerprint density at radius 1 is 1.21 bits per heavy atom. The van der Waals surface area contributed by atoms with Crippen molar-refractivity contribution in [3.63, 3.8) is 0 Å². The molecular weight excluding hydrogens is 248 g/mol. The van der Waals surface area contributed by atoms with Gasteiger partial charge in [-0.05, 0) is 13.8 Å². The van der Waals surface area contributed by atoms with E-state index in [2.05, 4.69) is 20.4 Å². The lowest BCUT2D eigenvalue weighted by molar-refractivity contribution is -0.116. The van der Waals surface area contributed by atoms with Crippen LogP contribution in [0.2, 0.25) is 0 Å². The van der Waals surface area contributed by atoms with Gasteiger partial charge in [0.2, 0.25) is 23.8 Å². The molecule has 1 amide bonds. The highest BCUT2D eigenvalue weighted by Gasteiger charge is 2.14. The van der Waals surface area contributed by atoms with E-state index in [1.807, 2.05) is 18.7 Å². The molecule has 1 rings (SSSR count). The summed E-state index contributed by atoms with van der Waals surface area (Å²) in [6, 6.07) is 0. The van der Waals surface area contributed by atoms with Crippen LogP contribution in [0.3, 0.4) is 0 Å². The summed E-state index contributed by atoms with van der Waals surface area (Å²) in [7, 11) is 1.67. The average molecular weight is 268 g/mol. The largest absolute Gasteiger partial charge is 0.368 e. The molecule has 0 spiro atoms. The number of rotatable bonds is 7. The predicted molar refractivity (Wildman–Crippen MR) is 73.7 cm³/mol. The number of carbonyl (C=O) groups is 1. The van der Waals surface area contributed by atoms with Gasteiger partial charge < -0.3 is 15.5 Å². The number of hydrogen-bond donors (Lipinski definition) is 3. The van der Waals surface area contributed by atoms with Crippen molar-refractivity contribution in [3.05, 3.63) is 0 Å². The molecule has 1 heterocycles. The number of nitrogens with zero attached hydrogens (tertiary/aromatic N) is 5. The van der Waals surface area contributed by atoms with Crippen LogP contribution < -0.4 is 26.8 Å². The Bertz CT molecular complexity index is 434. The number of anilines is 3. The van der Waals surface area contributed by atoms with Crippen LogP contribution >= 0.6 is 0 Å². The molecule has 0 fully saturated rings. The van der Waals surface area contributed by atoms with Crippen LogP contribution in [0.4, 0.5) is 17.8 Å². The number of hydrogen-bond acceptors (Lipinski definition) is 8. The first-order valence-corrected chi connectivity index (χ1v) is 5.98. The van der Waals surface area contributed by atoms with E-state index in [0.29, 0.717) is 11.9 Å². The number of carbonyl (C=O) groups excluding carboxylic acids is 1. The minimum atomic E-state index is -0.463. The summed E-state index contributed by atoms with van der Waals surface area (Å²) in [5, 5.41) is 0. The van der Waals surface area contributed by atoms with Crippen LogP contribution in [-0.4, -0.2) is 47.5 Å². The summed E-state index contributed by atoms with van der Waals surface area (Å²) in [6.07, 6.45) is 0. The summed E-state index contributed by atoms with van der Waals surface area (Å²) in [5.41, 5.74) is 7.54. The molecule has 0 radical (unpaired) electrons. The van der Waals surface area contributed by atoms with E-state index in [4.69, 9.17) is 11.6 Å². The number of nitrogen functional groups attached to an aromatic ring is 1. The predicted octanol–water partition coefficient (Wildman–Crippen LogP) is -1.08. The van der Waals surface area contributed by atoms with Gasteiger partial charge in [0.1, 0.15) is 0 Å². The Morgan fingerprint density at radius 2 is 1.79 bits per heavy atom. The second-order valence-electron chi connectivity index (χ2n) is 3.90. The maximum Gasteiger partial charge on any atom is 0.243 e. The van der Waals surface area contributed by atoms with E-state index in [0.717, 1.165) is 13.1 Å².